The van der Waals surface area contributed by atoms with Gasteiger partial charge in [-0.15, -0.1) is 0 Å². The van der Waals surface area contributed by atoms with Gasteiger partial charge in [-0.2, -0.15) is 0 Å². The molecule has 2 fully saturated rings. The lowest BCUT2D eigenvalue weighted by Gasteiger charge is -2.40. The Balaban J connectivity index is 1.70. The zero-order chi connectivity index (χ0) is 13.8. The highest BCUT2D eigenvalue weighted by Crippen LogP contribution is 2.34. The molecule has 0 aromatic carbocycles. The smallest absolute Gasteiger partial charge is 0.115 e. The molecule has 1 aliphatic heterocycles. The second kappa shape index (κ2) is 6.61. The molecule has 1 saturated heterocycles. The van der Waals surface area contributed by atoms with Crippen LogP contribution in [-0.4, -0.2) is 53.9 Å². The van der Waals surface area contributed by atoms with Crippen molar-refractivity contribution in [3.05, 3.63) is 24.3 Å². The van der Waals surface area contributed by atoms with Crippen LogP contribution in [0, 0.1) is 5.92 Å². The van der Waals surface area contributed by atoms with Crippen LogP contribution in [0.25, 0.3) is 0 Å². The van der Waals surface area contributed by atoms with E-state index < -0.39 is 0 Å². The van der Waals surface area contributed by atoms with E-state index >= 15 is 0 Å². The zero-order valence-corrected chi connectivity index (χ0v) is 12.1. The molecule has 5 nitrogen and oxygen atoms in total. The van der Waals surface area contributed by atoms with Crippen LogP contribution in [0.3, 0.4) is 0 Å². The lowest BCUT2D eigenvalue weighted by molar-refractivity contribution is -0.0608. The molecule has 1 aromatic rings. The van der Waals surface area contributed by atoms with Gasteiger partial charge in [0.1, 0.15) is 6.33 Å². The number of methoxy groups -OCH3 is 1. The first-order valence-electron chi connectivity index (χ1n) is 7.47. The normalized spacial score (nSPS) is 31.6. The van der Waals surface area contributed by atoms with Gasteiger partial charge in [-0.1, -0.05) is 6.42 Å². The van der Waals surface area contributed by atoms with Gasteiger partial charge in [0.25, 0.3) is 0 Å². The molecule has 1 aliphatic carbocycles. The van der Waals surface area contributed by atoms with Gasteiger partial charge >= 0.3 is 0 Å². The minimum atomic E-state index is 0.385. The summed E-state index contributed by atoms with van der Waals surface area (Å²) in [5.41, 5.74) is 1.17. The third-order valence-corrected chi connectivity index (χ3v) is 4.58. The Morgan fingerprint density at radius 2 is 2.20 bits per heavy atom. The number of ether oxygens (including phenoxy) is 2. The van der Waals surface area contributed by atoms with E-state index in [4.69, 9.17) is 9.47 Å². The van der Waals surface area contributed by atoms with Crippen molar-refractivity contribution in [2.24, 2.45) is 5.92 Å². The quantitative estimate of drug-likeness (QED) is 0.834. The molecule has 0 bridgehead atoms. The predicted octanol–water partition coefficient (Wildman–Crippen LogP) is 1.49. The van der Waals surface area contributed by atoms with Crippen molar-refractivity contribution in [2.75, 3.05) is 26.9 Å². The van der Waals surface area contributed by atoms with Crippen molar-refractivity contribution in [1.82, 2.24) is 14.9 Å². The number of rotatable bonds is 4. The Morgan fingerprint density at radius 3 is 3.00 bits per heavy atom. The third-order valence-electron chi connectivity index (χ3n) is 4.58. The Hall–Kier alpha value is -1.04. The summed E-state index contributed by atoms with van der Waals surface area (Å²) >= 11 is 0. The molecule has 3 rings (SSSR count). The molecular weight excluding hydrogens is 254 g/mol. The maximum absolute atomic E-state index is 5.73. The molecule has 2 heterocycles. The van der Waals surface area contributed by atoms with Gasteiger partial charge in [0.05, 0.1) is 19.3 Å². The number of hydrogen-bond donors (Lipinski definition) is 0. The average molecular weight is 277 g/mol. The summed E-state index contributed by atoms with van der Waals surface area (Å²) in [5.74, 6) is 0.588. The van der Waals surface area contributed by atoms with E-state index in [-0.39, 0.29) is 0 Å². The zero-order valence-electron chi connectivity index (χ0n) is 12.1. The highest BCUT2D eigenvalue weighted by Gasteiger charge is 2.38. The second-order valence-electron chi connectivity index (χ2n) is 5.73. The van der Waals surface area contributed by atoms with Crippen LogP contribution in [0.4, 0.5) is 0 Å². The van der Waals surface area contributed by atoms with Crippen LogP contribution in [-0.2, 0) is 16.0 Å². The van der Waals surface area contributed by atoms with Crippen molar-refractivity contribution in [1.29, 1.82) is 0 Å². The van der Waals surface area contributed by atoms with E-state index in [0.717, 1.165) is 26.3 Å². The van der Waals surface area contributed by atoms with Crippen molar-refractivity contribution in [2.45, 2.75) is 38.0 Å². The number of aromatic nitrogens is 2. The van der Waals surface area contributed by atoms with E-state index in [1.807, 2.05) is 19.5 Å². The Kier molecular flexibility index (Phi) is 4.60. The van der Waals surface area contributed by atoms with Crippen LogP contribution in [0.1, 0.15) is 24.8 Å². The predicted molar refractivity (Wildman–Crippen MR) is 75.2 cm³/mol. The molecule has 5 heteroatoms. The molecule has 20 heavy (non-hydrogen) atoms. The molecule has 2 aliphatic rings. The summed E-state index contributed by atoms with van der Waals surface area (Å²) in [6.45, 7) is 3.51. The van der Waals surface area contributed by atoms with Crippen molar-refractivity contribution < 1.29 is 9.47 Å². The number of hydrogen-bond acceptors (Lipinski definition) is 5. The van der Waals surface area contributed by atoms with E-state index in [0.29, 0.717) is 18.1 Å². The molecule has 3 atom stereocenters. The minimum absolute atomic E-state index is 0.385. The molecular formula is C15H23N3O2. The van der Waals surface area contributed by atoms with Crippen LogP contribution in [0.15, 0.2) is 18.7 Å². The van der Waals surface area contributed by atoms with Crippen LogP contribution >= 0.6 is 0 Å². The van der Waals surface area contributed by atoms with Gasteiger partial charge in [-0.05, 0) is 12.8 Å². The molecule has 0 radical (unpaired) electrons. The lowest BCUT2D eigenvalue weighted by Crippen LogP contribution is -2.50. The molecule has 0 spiro atoms. The highest BCUT2D eigenvalue weighted by molar-refractivity contribution is 5.03. The molecule has 110 valence electrons. The maximum atomic E-state index is 5.73. The summed E-state index contributed by atoms with van der Waals surface area (Å²) in [6, 6.07) is 0.455. The van der Waals surface area contributed by atoms with Gasteiger partial charge in [0, 0.05) is 50.1 Å². The van der Waals surface area contributed by atoms with Gasteiger partial charge in [-0.25, -0.2) is 9.97 Å². The fraction of sp³-hybridized carbons (Fsp3) is 0.733. The first kappa shape index (κ1) is 13.9. The van der Waals surface area contributed by atoms with Crippen molar-refractivity contribution in [3.8, 4) is 0 Å². The van der Waals surface area contributed by atoms with E-state index in [1.165, 1.54) is 24.8 Å². The van der Waals surface area contributed by atoms with Crippen LogP contribution in [0.2, 0.25) is 0 Å². The fourth-order valence-electron chi connectivity index (χ4n) is 3.58. The number of nitrogens with zero attached hydrogens (tertiary/aromatic N) is 3. The Morgan fingerprint density at radius 1 is 1.35 bits per heavy atom. The first-order valence-corrected chi connectivity index (χ1v) is 7.47. The topological polar surface area (TPSA) is 47.5 Å². The molecule has 1 saturated carbocycles. The van der Waals surface area contributed by atoms with Crippen molar-refractivity contribution in [3.63, 3.8) is 0 Å². The van der Waals surface area contributed by atoms with Crippen molar-refractivity contribution >= 4 is 0 Å². The average Bonchev–Trinajstić information content (AvgIpc) is 2.97. The van der Waals surface area contributed by atoms with Gasteiger partial charge in [0.2, 0.25) is 0 Å². The largest absolute Gasteiger partial charge is 0.381 e. The summed E-state index contributed by atoms with van der Waals surface area (Å²) in [6.07, 6.45) is 9.47. The number of morpholine rings is 1. The first-order chi connectivity index (χ1) is 9.88. The summed E-state index contributed by atoms with van der Waals surface area (Å²) in [7, 11) is 1.84. The Bertz CT molecular complexity index is 415. The van der Waals surface area contributed by atoms with Crippen LogP contribution < -0.4 is 0 Å². The monoisotopic (exact) mass is 277 g/mol. The lowest BCUT2D eigenvalue weighted by atomic mass is 9.94. The summed E-state index contributed by atoms with van der Waals surface area (Å²) in [5, 5.41) is 0. The maximum Gasteiger partial charge on any atom is 0.115 e. The second-order valence-corrected chi connectivity index (χ2v) is 5.73. The van der Waals surface area contributed by atoms with E-state index in [2.05, 4.69) is 14.9 Å². The third kappa shape index (κ3) is 3.00. The van der Waals surface area contributed by atoms with E-state index in [9.17, 15) is 0 Å². The molecule has 0 amide bonds. The van der Waals surface area contributed by atoms with Crippen LogP contribution in [0.5, 0.6) is 0 Å². The molecule has 0 N–H and O–H groups in total. The SMILES string of the molecule is CO[C@@H]1CCC[C@H]1[C@@H]1COCCN1Cc1cncnc1. The van der Waals surface area contributed by atoms with Gasteiger partial charge in [0.15, 0.2) is 0 Å². The standard InChI is InChI=1S/C15H23N3O2/c1-19-15-4-2-3-13(15)14-10-20-6-5-18(14)9-12-7-16-11-17-8-12/h7-8,11,13-15H,2-6,9-10H2,1H3/t13-,14-,15+/m0/s1. The summed E-state index contributed by atoms with van der Waals surface area (Å²) in [4.78, 5) is 10.7. The molecule has 1 aromatic heterocycles. The van der Waals surface area contributed by atoms with Gasteiger partial charge in [-0.3, -0.25) is 4.90 Å². The fourth-order valence-corrected chi connectivity index (χ4v) is 3.58. The molecule has 0 unspecified atom stereocenters. The minimum Gasteiger partial charge on any atom is -0.381 e. The van der Waals surface area contributed by atoms with Gasteiger partial charge < -0.3 is 9.47 Å². The summed E-state index contributed by atoms with van der Waals surface area (Å²) < 4.78 is 11.4. The van der Waals surface area contributed by atoms with E-state index in [1.54, 1.807) is 6.33 Å². The Labute approximate surface area is 120 Å². The highest BCUT2D eigenvalue weighted by atomic mass is 16.5.